The van der Waals surface area contributed by atoms with Gasteiger partial charge >= 0.3 is 5.97 Å². The number of carbonyl (C=O) groups excluding carboxylic acids is 2. The SMILES string of the molecule is C[C@]12CC[C@H]3[C@@H](CCC4=CC(=O)C=C[C@@]43C)[C@@H]1CC[C@H]2OC(=O)CCO. The van der Waals surface area contributed by atoms with Gasteiger partial charge in [0, 0.05) is 10.8 Å². The fourth-order valence-electron chi connectivity index (χ4n) is 6.65. The van der Waals surface area contributed by atoms with Gasteiger partial charge in [-0.05, 0) is 68.4 Å². The van der Waals surface area contributed by atoms with Crippen LogP contribution in [0.2, 0.25) is 0 Å². The number of aliphatic hydroxyl groups is 1. The van der Waals surface area contributed by atoms with Crippen molar-refractivity contribution in [1.29, 1.82) is 0 Å². The Morgan fingerprint density at radius 3 is 2.81 bits per heavy atom. The first-order chi connectivity index (χ1) is 12.4. The van der Waals surface area contributed by atoms with Crippen molar-refractivity contribution < 1.29 is 19.4 Å². The maximum Gasteiger partial charge on any atom is 0.308 e. The van der Waals surface area contributed by atoms with Crippen LogP contribution >= 0.6 is 0 Å². The molecule has 3 saturated carbocycles. The molecule has 4 aliphatic rings. The minimum absolute atomic E-state index is 0.0132. The van der Waals surface area contributed by atoms with Crippen LogP contribution in [0, 0.1) is 28.6 Å². The van der Waals surface area contributed by atoms with Gasteiger partial charge in [-0.2, -0.15) is 0 Å². The van der Waals surface area contributed by atoms with Crippen molar-refractivity contribution in [3.05, 3.63) is 23.8 Å². The molecule has 0 aromatic rings. The van der Waals surface area contributed by atoms with Crippen LogP contribution in [0.5, 0.6) is 0 Å². The van der Waals surface area contributed by atoms with Gasteiger partial charge in [0.05, 0.1) is 13.0 Å². The molecule has 0 aliphatic heterocycles. The summed E-state index contributed by atoms with van der Waals surface area (Å²) in [6, 6.07) is 0. The van der Waals surface area contributed by atoms with Crippen LogP contribution in [-0.2, 0) is 14.3 Å². The van der Waals surface area contributed by atoms with Gasteiger partial charge in [0.2, 0.25) is 0 Å². The Kier molecular flexibility index (Phi) is 4.37. The van der Waals surface area contributed by atoms with Crippen molar-refractivity contribution in [1.82, 2.24) is 0 Å². The molecule has 0 bridgehead atoms. The quantitative estimate of drug-likeness (QED) is 0.783. The first kappa shape index (κ1) is 18.0. The van der Waals surface area contributed by atoms with Gasteiger partial charge in [-0.3, -0.25) is 9.59 Å². The molecule has 4 heteroatoms. The highest BCUT2D eigenvalue weighted by atomic mass is 16.5. The van der Waals surface area contributed by atoms with Gasteiger partial charge in [-0.15, -0.1) is 0 Å². The first-order valence-electron chi connectivity index (χ1n) is 10.1. The normalized spacial score (nSPS) is 44.0. The van der Waals surface area contributed by atoms with Crippen LogP contribution in [0.15, 0.2) is 23.8 Å². The Balaban J connectivity index is 1.56. The molecule has 6 atom stereocenters. The molecule has 1 N–H and O–H groups in total. The molecule has 4 nitrogen and oxygen atoms in total. The lowest BCUT2D eigenvalue weighted by Gasteiger charge is -2.56. The van der Waals surface area contributed by atoms with Gasteiger partial charge < -0.3 is 9.84 Å². The van der Waals surface area contributed by atoms with Crippen LogP contribution in [-0.4, -0.2) is 29.6 Å². The maximum atomic E-state index is 11.9. The van der Waals surface area contributed by atoms with Crippen LogP contribution in [0.3, 0.4) is 0 Å². The maximum absolute atomic E-state index is 11.9. The number of allylic oxidation sites excluding steroid dienone is 4. The molecule has 4 rings (SSSR count). The highest BCUT2D eigenvalue weighted by Crippen LogP contribution is 2.64. The van der Waals surface area contributed by atoms with Gasteiger partial charge in [-0.1, -0.05) is 25.5 Å². The van der Waals surface area contributed by atoms with Crippen molar-refractivity contribution in [2.75, 3.05) is 6.61 Å². The molecule has 0 spiro atoms. The number of hydrogen-bond donors (Lipinski definition) is 1. The average molecular weight is 358 g/mol. The summed E-state index contributed by atoms with van der Waals surface area (Å²) in [6.07, 6.45) is 12.3. The lowest BCUT2D eigenvalue weighted by Crippen LogP contribution is -2.51. The first-order valence-corrected chi connectivity index (χ1v) is 10.1. The lowest BCUT2D eigenvalue weighted by molar-refractivity contribution is -0.160. The van der Waals surface area contributed by atoms with E-state index < -0.39 is 0 Å². The third kappa shape index (κ3) is 2.60. The highest BCUT2D eigenvalue weighted by molar-refractivity contribution is 6.01. The zero-order valence-electron chi connectivity index (χ0n) is 15.9. The number of ketones is 1. The molecule has 0 unspecified atom stereocenters. The average Bonchev–Trinajstić information content (AvgIpc) is 2.92. The monoisotopic (exact) mass is 358 g/mol. The summed E-state index contributed by atoms with van der Waals surface area (Å²) in [7, 11) is 0. The largest absolute Gasteiger partial charge is 0.462 e. The van der Waals surface area contributed by atoms with E-state index in [0.29, 0.717) is 17.8 Å². The van der Waals surface area contributed by atoms with E-state index >= 15 is 0 Å². The Labute approximate surface area is 155 Å². The molecule has 0 amide bonds. The molecule has 142 valence electrons. The minimum Gasteiger partial charge on any atom is -0.462 e. The number of hydrogen-bond acceptors (Lipinski definition) is 4. The van der Waals surface area contributed by atoms with E-state index in [9.17, 15) is 9.59 Å². The van der Waals surface area contributed by atoms with Gasteiger partial charge in [0.1, 0.15) is 6.10 Å². The van der Waals surface area contributed by atoms with E-state index in [4.69, 9.17) is 9.84 Å². The predicted molar refractivity (Wildman–Crippen MR) is 98.2 cm³/mol. The van der Waals surface area contributed by atoms with Crippen LogP contribution in [0.1, 0.15) is 58.8 Å². The summed E-state index contributed by atoms with van der Waals surface area (Å²) in [6.45, 7) is 4.48. The van der Waals surface area contributed by atoms with Gasteiger partial charge in [0.15, 0.2) is 5.78 Å². The Morgan fingerprint density at radius 1 is 1.23 bits per heavy atom. The second-order valence-corrected chi connectivity index (χ2v) is 9.18. The highest BCUT2D eigenvalue weighted by Gasteiger charge is 2.59. The van der Waals surface area contributed by atoms with Crippen LogP contribution in [0.4, 0.5) is 0 Å². The number of ether oxygens (including phenoxy) is 1. The molecule has 0 radical (unpaired) electrons. The minimum atomic E-state index is -0.268. The molecule has 26 heavy (non-hydrogen) atoms. The fraction of sp³-hybridized carbons (Fsp3) is 0.727. The summed E-state index contributed by atoms with van der Waals surface area (Å²) in [5.74, 6) is 1.66. The molecule has 3 fully saturated rings. The van der Waals surface area contributed by atoms with E-state index in [1.807, 2.05) is 6.08 Å². The number of rotatable bonds is 3. The van der Waals surface area contributed by atoms with E-state index in [0.717, 1.165) is 38.5 Å². The third-order valence-electron chi connectivity index (χ3n) is 8.06. The van der Waals surface area contributed by atoms with Gasteiger partial charge in [0.25, 0.3) is 0 Å². The smallest absolute Gasteiger partial charge is 0.308 e. The molecule has 0 aromatic heterocycles. The van der Waals surface area contributed by atoms with E-state index in [-0.39, 0.29) is 41.7 Å². The summed E-state index contributed by atoms with van der Waals surface area (Å²) in [5, 5.41) is 8.98. The molecule has 0 aromatic carbocycles. The predicted octanol–water partition coefficient (Wildman–Crippen LogP) is 3.59. The van der Waals surface area contributed by atoms with Crippen molar-refractivity contribution >= 4 is 11.8 Å². The Morgan fingerprint density at radius 2 is 2.04 bits per heavy atom. The Hall–Kier alpha value is -1.42. The van der Waals surface area contributed by atoms with Crippen LogP contribution in [0.25, 0.3) is 0 Å². The number of fused-ring (bicyclic) bond motifs is 5. The topological polar surface area (TPSA) is 63.6 Å². The number of carbonyl (C=O) groups is 2. The van der Waals surface area contributed by atoms with Crippen molar-refractivity contribution in [3.63, 3.8) is 0 Å². The summed E-state index contributed by atoms with van der Waals surface area (Å²) < 4.78 is 5.78. The summed E-state index contributed by atoms with van der Waals surface area (Å²) in [4.78, 5) is 23.8. The number of esters is 1. The zero-order chi connectivity index (χ0) is 18.5. The second-order valence-electron chi connectivity index (χ2n) is 9.18. The van der Waals surface area contributed by atoms with Crippen molar-refractivity contribution in [2.24, 2.45) is 28.6 Å². The number of aliphatic hydroxyl groups excluding tert-OH is 1. The molecule has 0 saturated heterocycles. The molecular formula is C22H30O4. The van der Waals surface area contributed by atoms with Gasteiger partial charge in [-0.25, -0.2) is 0 Å². The van der Waals surface area contributed by atoms with Crippen molar-refractivity contribution in [2.45, 2.75) is 64.9 Å². The standard InChI is InChI=1S/C22H30O4/c1-21-10-7-15(24)13-14(21)3-4-16-17-5-6-19(26-20(25)9-12-23)22(17,2)11-8-18(16)21/h7,10,13,16-19,23H,3-6,8-9,11-12H2,1-2H3/t16-,17-,18-,19+,21-,22-/m0/s1. The van der Waals surface area contributed by atoms with Crippen molar-refractivity contribution in [3.8, 4) is 0 Å². The molecule has 0 heterocycles. The second kappa shape index (κ2) is 6.33. The third-order valence-corrected chi connectivity index (χ3v) is 8.06. The van der Waals surface area contributed by atoms with E-state index in [1.165, 1.54) is 5.57 Å². The fourth-order valence-corrected chi connectivity index (χ4v) is 6.65. The summed E-state index contributed by atoms with van der Waals surface area (Å²) in [5.41, 5.74) is 1.39. The zero-order valence-corrected chi connectivity index (χ0v) is 15.9. The molecule has 4 aliphatic carbocycles. The lowest BCUT2D eigenvalue weighted by atomic mass is 9.48. The van der Waals surface area contributed by atoms with E-state index in [1.54, 1.807) is 6.08 Å². The summed E-state index contributed by atoms with van der Waals surface area (Å²) >= 11 is 0. The van der Waals surface area contributed by atoms with Crippen LogP contribution < -0.4 is 0 Å². The molecular weight excluding hydrogens is 328 g/mol. The van der Waals surface area contributed by atoms with E-state index in [2.05, 4.69) is 19.9 Å². The Bertz CT molecular complexity index is 678.